The molecule has 0 aliphatic carbocycles. The van der Waals surface area contributed by atoms with Crippen LogP contribution >= 0.6 is 23.7 Å². The fourth-order valence-electron chi connectivity index (χ4n) is 1.98. The standard InChI is InChI=1S/C16H19FN2OS.ClH/c1-3-18-11(2)10-19-16(20)15-9-8-14(21-15)12-4-6-13(17)7-5-12;/h4-9,11,18H,3,10H2,1-2H3,(H,19,20);1H/t11-;/m1./s1. The van der Waals surface area contributed by atoms with Crippen LogP contribution in [0.5, 0.6) is 0 Å². The van der Waals surface area contributed by atoms with Crippen molar-refractivity contribution in [3.05, 3.63) is 47.1 Å². The van der Waals surface area contributed by atoms with Crippen LogP contribution in [0.1, 0.15) is 23.5 Å². The smallest absolute Gasteiger partial charge is 0.261 e. The maximum atomic E-state index is 12.9. The van der Waals surface area contributed by atoms with Crippen LogP contribution in [0, 0.1) is 5.82 Å². The minimum absolute atomic E-state index is 0. The zero-order chi connectivity index (χ0) is 15.2. The second-order valence-corrected chi connectivity index (χ2v) is 5.92. The molecule has 2 rings (SSSR count). The highest BCUT2D eigenvalue weighted by atomic mass is 35.5. The van der Waals surface area contributed by atoms with E-state index in [4.69, 9.17) is 0 Å². The zero-order valence-electron chi connectivity index (χ0n) is 12.6. The summed E-state index contributed by atoms with van der Waals surface area (Å²) in [5.74, 6) is -0.330. The Kier molecular flexibility index (Phi) is 7.51. The Balaban J connectivity index is 0.00000242. The van der Waals surface area contributed by atoms with Gasteiger partial charge < -0.3 is 10.6 Å². The van der Waals surface area contributed by atoms with Gasteiger partial charge in [-0.3, -0.25) is 4.79 Å². The number of benzene rings is 1. The van der Waals surface area contributed by atoms with Gasteiger partial charge in [-0.15, -0.1) is 23.7 Å². The summed E-state index contributed by atoms with van der Waals surface area (Å²) in [4.78, 5) is 13.7. The molecule has 1 atom stereocenters. The number of rotatable bonds is 6. The zero-order valence-corrected chi connectivity index (χ0v) is 14.2. The number of amides is 1. The highest BCUT2D eigenvalue weighted by molar-refractivity contribution is 7.17. The summed E-state index contributed by atoms with van der Waals surface area (Å²) in [5.41, 5.74) is 0.918. The summed E-state index contributed by atoms with van der Waals surface area (Å²) < 4.78 is 12.9. The van der Waals surface area contributed by atoms with E-state index in [0.29, 0.717) is 11.4 Å². The average Bonchev–Trinajstić information content (AvgIpc) is 2.96. The topological polar surface area (TPSA) is 41.1 Å². The third kappa shape index (κ3) is 5.09. The number of hydrogen-bond donors (Lipinski definition) is 2. The van der Waals surface area contributed by atoms with Gasteiger partial charge in [-0.25, -0.2) is 4.39 Å². The van der Waals surface area contributed by atoms with Gasteiger partial charge >= 0.3 is 0 Å². The number of carbonyl (C=O) groups is 1. The van der Waals surface area contributed by atoms with Gasteiger partial charge in [0.25, 0.3) is 5.91 Å². The van der Waals surface area contributed by atoms with Gasteiger partial charge in [0.05, 0.1) is 4.88 Å². The second kappa shape index (κ2) is 8.88. The van der Waals surface area contributed by atoms with Crippen molar-refractivity contribution in [2.24, 2.45) is 0 Å². The van der Waals surface area contributed by atoms with Crippen molar-refractivity contribution in [1.29, 1.82) is 0 Å². The average molecular weight is 343 g/mol. The van der Waals surface area contributed by atoms with E-state index in [1.54, 1.807) is 18.2 Å². The molecule has 0 unspecified atom stereocenters. The number of likely N-dealkylation sites (N-methyl/N-ethyl adjacent to an activating group) is 1. The molecule has 0 spiro atoms. The Morgan fingerprint density at radius 1 is 1.23 bits per heavy atom. The van der Waals surface area contributed by atoms with Crippen LogP contribution in [-0.2, 0) is 0 Å². The first-order valence-corrected chi connectivity index (χ1v) is 7.79. The highest BCUT2D eigenvalue weighted by Gasteiger charge is 2.11. The van der Waals surface area contributed by atoms with Crippen molar-refractivity contribution >= 4 is 29.7 Å². The molecule has 1 amide bonds. The maximum absolute atomic E-state index is 12.9. The number of thiophene rings is 1. The van der Waals surface area contributed by atoms with Crippen LogP contribution in [0.3, 0.4) is 0 Å². The van der Waals surface area contributed by atoms with Crippen molar-refractivity contribution in [2.45, 2.75) is 19.9 Å². The van der Waals surface area contributed by atoms with E-state index in [-0.39, 0.29) is 30.2 Å². The first-order valence-electron chi connectivity index (χ1n) is 6.97. The molecule has 0 aliphatic rings. The summed E-state index contributed by atoms with van der Waals surface area (Å²) in [6.45, 7) is 5.54. The Hall–Kier alpha value is -1.43. The monoisotopic (exact) mass is 342 g/mol. The molecular formula is C16H20ClFN2OS. The minimum atomic E-state index is -0.259. The van der Waals surface area contributed by atoms with E-state index < -0.39 is 0 Å². The first kappa shape index (κ1) is 18.6. The Labute approximate surface area is 140 Å². The predicted molar refractivity (Wildman–Crippen MR) is 92.4 cm³/mol. The summed E-state index contributed by atoms with van der Waals surface area (Å²) in [6.07, 6.45) is 0. The molecule has 22 heavy (non-hydrogen) atoms. The third-order valence-electron chi connectivity index (χ3n) is 3.08. The molecular weight excluding hydrogens is 323 g/mol. The van der Waals surface area contributed by atoms with Crippen LogP contribution in [0.15, 0.2) is 36.4 Å². The fraction of sp³-hybridized carbons (Fsp3) is 0.312. The maximum Gasteiger partial charge on any atom is 0.261 e. The van der Waals surface area contributed by atoms with Gasteiger partial charge in [0.15, 0.2) is 0 Å². The summed E-state index contributed by atoms with van der Waals surface area (Å²) in [5, 5.41) is 6.15. The first-order chi connectivity index (χ1) is 10.1. The predicted octanol–water partition coefficient (Wildman–Crippen LogP) is 3.70. The van der Waals surface area contributed by atoms with E-state index in [1.165, 1.54) is 23.5 Å². The van der Waals surface area contributed by atoms with Crippen molar-refractivity contribution in [2.75, 3.05) is 13.1 Å². The normalized spacial score (nSPS) is 11.6. The number of nitrogens with one attached hydrogen (secondary N) is 2. The van der Waals surface area contributed by atoms with Crippen LogP contribution in [0.4, 0.5) is 4.39 Å². The lowest BCUT2D eigenvalue weighted by Gasteiger charge is -2.12. The molecule has 0 fully saturated rings. The number of carbonyl (C=O) groups excluding carboxylic acids is 1. The Morgan fingerprint density at radius 3 is 2.55 bits per heavy atom. The van der Waals surface area contributed by atoms with Crippen LogP contribution in [0.25, 0.3) is 10.4 Å². The highest BCUT2D eigenvalue weighted by Crippen LogP contribution is 2.28. The fourth-order valence-corrected chi connectivity index (χ4v) is 2.91. The molecule has 2 aromatic rings. The number of halogens is 2. The molecule has 0 aliphatic heterocycles. The van der Waals surface area contributed by atoms with Gasteiger partial charge in [-0.2, -0.15) is 0 Å². The summed E-state index contributed by atoms with van der Waals surface area (Å²) >= 11 is 1.41. The van der Waals surface area contributed by atoms with Crippen molar-refractivity contribution < 1.29 is 9.18 Å². The molecule has 0 bridgehead atoms. The Morgan fingerprint density at radius 2 is 1.91 bits per heavy atom. The largest absolute Gasteiger partial charge is 0.350 e. The molecule has 3 nitrogen and oxygen atoms in total. The van der Waals surface area contributed by atoms with E-state index in [0.717, 1.165) is 17.0 Å². The van der Waals surface area contributed by atoms with Crippen molar-refractivity contribution in [1.82, 2.24) is 10.6 Å². The lowest BCUT2D eigenvalue weighted by molar-refractivity contribution is 0.0954. The number of hydrogen-bond acceptors (Lipinski definition) is 3. The molecule has 0 saturated heterocycles. The van der Waals surface area contributed by atoms with Crippen molar-refractivity contribution in [3.8, 4) is 10.4 Å². The molecule has 2 N–H and O–H groups in total. The van der Waals surface area contributed by atoms with E-state index >= 15 is 0 Å². The molecule has 1 aromatic carbocycles. The summed E-state index contributed by atoms with van der Waals surface area (Å²) in [7, 11) is 0. The van der Waals surface area contributed by atoms with Gasteiger partial charge in [0.1, 0.15) is 5.82 Å². The molecule has 120 valence electrons. The lowest BCUT2D eigenvalue weighted by Crippen LogP contribution is -2.38. The second-order valence-electron chi connectivity index (χ2n) is 4.84. The van der Waals surface area contributed by atoms with E-state index in [9.17, 15) is 9.18 Å². The SMILES string of the molecule is CCN[C@H](C)CNC(=O)c1ccc(-c2ccc(F)cc2)s1.Cl. The molecule has 1 aromatic heterocycles. The molecule has 0 radical (unpaired) electrons. The van der Waals surface area contributed by atoms with Gasteiger partial charge in [0, 0.05) is 17.5 Å². The summed E-state index contributed by atoms with van der Waals surface area (Å²) in [6, 6.07) is 10.2. The van der Waals surface area contributed by atoms with E-state index in [1.807, 2.05) is 19.9 Å². The van der Waals surface area contributed by atoms with Gasteiger partial charge in [-0.1, -0.05) is 19.1 Å². The van der Waals surface area contributed by atoms with Gasteiger partial charge in [0.2, 0.25) is 0 Å². The molecule has 6 heteroatoms. The van der Waals surface area contributed by atoms with Crippen LogP contribution < -0.4 is 10.6 Å². The molecule has 1 heterocycles. The molecule has 0 saturated carbocycles. The van der Waals surface area contributed by atoms with Crippen molar-refractivity contribution in [3.63, 3.8) is 0 Å². The lowest BCUT2D eigenvalue weighted by atomic mass is 10.2. The third-order valence-corrected chi connectivity index (χ3v) is 4.21. The Bertz CT molecular complexity index is 600. The van der Waals surface area contributed by atoms with E-state index in [2.05, 4.69) is 10.6 Å². The van der Waals surface area contributed by atoms with Gasteiger partial charge in [-0.05, 0) is 43.3 Å². The quantitative estimate of drug-likeness (QED) is 0.840. The minimum Gasteiger partial charge on any atom is -0.350 e. The van der Waals surface area contributed by atoms with Crippen LogP contribution in [0.2, 0.25) is 0 Å². The van der Waals surface area contributed by atoms with Crippen LogP contribution in [-0.4, -0.2) is 25.0 Å².